The number of carbonyl (C=O) groups is 1. The van der Waals surface area contributed by atoms with E-state index in [2.05, 4.69) is 16.5 Å². The van der Waals surface area contributed by atoms with Crippen molar-refractivity contribution in [2.24, 2.45) is 5.73 Å². The van der Waals surface area contributed by atoms with Crippen LogP contribution < -0.4 is 11.1 Å². The van der Waals surface area contributed by atoms with Gasteiger partial charge in [-0.25, -0.2) is 4.68 Å². The zero-order valence-electron chi connectivity index (χ0n) is 10.5. The number of hydrogen-bond donors (Lipinski definition) is 2. The predicted molar refractivity (Wildman–Crippen MR) is 69.6 cm³/mol. The first-order valence-electron chi connectivity index (χ1n) is 5.72. The number of benzene rings is 1. The number of nitrogens with one attached hydrogen (secondary N) is 1. The van der Waals surface area contributed by atoms with Crippen LogP contribution in [0.1, 0.15) is 21.6 Å². The maximum absolute atomic E-state index is 11.0. The average Bonchev–Trinajstić information content (AvgIpc) is 2.79. The second kappa shape index (κ2) is 5.01. The fourth-order valence-corrected chi connectivity index (χ4v) is 1.88. The van der Waals surface area contributed by atoms with E-state index in [-0.39, 0.29) is 5.69 Å². The van der Waals surface area contributed by atoms with Crippen LogP contribution in [0.5, 0.6) is 0 Å². The number of nitrogens with two attached hydrogens (primary N) is 1. The Kier molecular flexibility index (Phi) is 3.43. The van der Waals surface area contributed by atoms with Crippen molar-refractivity contribution in [3.05, 3.63) is 47.3 Å². The summed E-state index contributed by atoms with van der Waals surface area (Å²) < 4.78 is 1.67. The van der Waals surface area contributed by atoms with Gasteiger partial charge in [-0.15, -0.1) is 0 Å². The molecule has 0 spiro atoms. The third kappa shape index (κ3) is 2.41. The fraction of sp³-hybridized carbons (Fsp3) is 0.231. The number of hydrogen-bond acceptors (Lipinski definition) is 3. The minimum atomic E-state index is -0.516. The van der Waals surface area contributed by atoms with Crippen LogP contribution >= 0.6 is 0 Å². The number of rotatable bonds is 4. The Balaban J connectivity index is 2.35. The number of nitrogens with zero attached hydrogens (tertiary/aromatic N) is 2. The van der Waals surface area contributed by atoms with Gasteiger partial charge in [-0.3, -0.25) is 4.79 Å². The monoisotopic (exact) mass is 244 g/mol. The third-order valence-corrected chi connectivity index (χ3v) is 2.73. The van der Waals surface area contributed by atoms with Gasteiger partial charge < -0.3 is 11.1 Å². The van der Waals surface area contributed by atoms with E-state index >= 15 is 0 Å². The lowest BCUT2D eigenvalue weighted by Crippen LogP contribution is -2.12. The van der Waals surface area contributed by atoms with Gasteiger partial charge >= 0.3 is 0 Å². The van der Waals surface area contributed by atoms with Crippen LogP contribution in [0.25, 0.3) is 5.69 Å². The van der Waals surface area contributed by atoms with Crippen molar-refractivity contribution < 1.29 is 4.79 Å². The molecule has 0 aliphatic heterocycles. The van der Waals surface area contributed by atoms with E-state index in [1.54, 1.807) is 16.9 Å². The van der Waals surface area contributed by atoms with E-state index in [1.165, 1.54) is 5.56 Å². The normalized spacial score (nSPS) is 10.6. The molecule has 0 saturated carbocycles. The minimum absolute atomic E-state index is 0.272. The molecule has 1 aromatic heterocycles. The fourth-order valence-electron chi connectivity index (χ4n) is 1.88. The molecule has 1 aromatic carbocycles. The SMILES string of the molecule is CNCc1ccc(-n2ccc(C(N)=O)n2)c(C)c1. The molecule has 94 valence electrons. The summed E-state index contributed by atoms with van der Waals surface area (Å²) in [6, 6.07) is 7.73. The zero-order chi connectivity index (χ0) is 13.1. The van der Waals surface area contributed by atoms with Gasteiger partial charge in [0.25, 0.3) is 5.91 Å². The molecule has 0 atom stereocenters. The summed E-state index contributed by atoms with van der Waals surface area (Å²) in [7, 11) is 1.91. The van der Waals surface area contributed by atoms with Crippen molar-refractivity contribution in [2.75, 3.05) is 7.05 Å². The van der Waals surface area contributed by atoms with Gasteiger partial charge in [-0.2, -0.15) is 5.10 Å². The summed E-state index contributed by atoms with van der Waals surface area (Å²) >= 11 is 0. The molecule has 2 rings (SSSR count). The molecular weight excluding hydrogens is 228 g/mol. The number of aryl methyl sites for hydroxylation is 1. The standard InChI is InChI=1S/C13H16N4O/c1-9-7-10(8-15-2)3-4-12(9)17-6-5-11(16-17)13(14)18/h3-7,15H,8H2,1-2H3,(H2,14,18). The summed E-state index contributed by atoms with van der Waals surface area (Å²) in [6.07, 6.45) is 1.74. The van der Waals surface area contributed by atoms with Gasteiger partial charge in [0.1, 0.15) is 5.69 Å². The van der Waals surface area contributed by atoms with Gasteiger partial charge in [0.15, 0.2) is 0 Å². The number of primary amides is 1. The highest BCUT2D eigenvalue weighted by atomic mass is 16.1. The van der Waals surface area contributed by atoms with E-state index < -0.39 is 5.91 Å². The van der Waals surface area contributed by atoms with Crippen LogP contribution in [0.3, 0.4) is 0 Å². The highest BCUT2D eigenvalue weighted by Crippen LogP contribution is 2.15. The maximum atomic E-state index is 11.0. The Morgan fingerprint density at radius 2 is 2.22 bits per heavy atom. The Hall–Kier alpha value is -2.14. The summed E-state index contributed by atoms with van der Waals surface area (Å²) in [5.41, 5.74) is 8.71. The first-order valence-corrected chi connectivity index (χ1v) is 5.72. The molecule has 0 radical (unpaired) electrons. The second-order valence-corrected chi connectivity index (χ2v) is 4.16. The molecule has 3 N–H and O–H groups in total. The largest absolute Gasteiger partial charge is 0.364 e. The average molecular weight is 244 g/mol. The molecule has 0 saturated heterocycles. The molecule has 1 amide bonds. The summed E-state index contributed by atoms with van der Waals surface area (Å²) in [5, 5.41) is 7.25. The number of aromatic nitrogens is 2. The Labute approximate surface area is 106 Å². The molecule has 0 aliphatic rings. The van der Waals surface area contributed by atoms with Crippen LogP contribution in [-0.4, -0.2) is 22.7 Å². The lowest BCUT2D eigenvalue weighted by atomic mass is 10.1. The van der Waals surface area contributed by atoms with E-state index in [0.717, 1.165) is 17.8 Å². The van der Waals surface area contributed by atoms with Crippen LogP contribution in [0, 0.1) is 6.92 Å². The second-order valence-electron chi connectivity index (χ2n) is 4.16. The Morgan fingerprint density at radius 1 is 1.44 bits per heavy atom. The molecule has 1 heterocycles. The molecular formula is C13H16N4O. The van der Waals surface area contributed by atoms with Crippen molar-refractivity contribution in [3.8, 4) is 5.69 Å². The van der Waals surface area contributed by atoms with Gasteiger partial charge in [0.2, 0.25) is 0 Å². The third-order valence-electron chi connectivity index (χ3n) is 2.73. The van der Waals surface area contributed by atoms with E-state index in [0.29, 0.717) is 0 Å². The predicted octanol–water partition coefficient (Wildman–Crippen LogP) is 0.999. The number of amides is 1. The zero-order valence-corrected chi connectivity index (χ0v) is 10.5. The molecule has 0 bridgehead atoms. The highest BCUT2D eigenvalue weighted by molar-refractivity contribution is 5.90. The Bertz CT molecular complexity index is 574. The van der Waals surface area contributed by atoms with E-state index in [4.69, 9.17) is 5.73 Å². The van der Waals surface area contributed by atoms with Gasteiger partial charge in [0, 0.05) is 12.7 Å². The summed E-state index contributed by atoms with van der Waals surface area (Å²) in [6.45, 7) is 2.84. The van der Waals surface area contributed by atoms with E-state index in [9.17, 15) is 4.79 Å². The van der Waals surface area contributed by atoms with Gasteiger partial charge in [0.05, 0.1) is 5.69 Å². The molecule has 0 aliphatic carbocycles. The topological polar surface area (TPSA) is 72.9 Å². The molecule has 5 heteroatoms. The lowest BCUT2D eigenvalue weighted by Gasteiger charge is -2.08. The first-order chi connectivity index (χ1) is 8.61. The summed E-state index contributed by atoms with van der Waals surface area (Å²) in [5.74, 6) is -0.516. The van der Waals surface area contributed by atoms with E-state index in [1.807, 2.05) is 26.1 Å². The molecule has 18 heavy (non-hydrogen) atoms. The van der Waals surface area contributed by atoms with Gasteiger partial charge in [-0.05, 0) is 37.2 Å². The quantitative estimate of drug-likeness (QED) is 0.842. The van der Waals surface area contributed by atoms with Crippen LogP contribution in [0.15, 0.2) is 30.5 Å². The highest BCUT2D eigenvalue weighted by Gasteiger charge is 2.07. The van der Waals surface area contributed by atoms with Crippen molar-refractivity contribution in [2.45, 2.75) is 13.5 Å². The lowest BCUT2D eigenvalue weighted by molar-refractivity contribution is 0.0995. The van der Waals surface area contributed by atoms with Crippen LogP contribution in [0.4, 0.5) is 0 Å². The summed E-state index contributed by atoms with van der Waals surface area (Å²) in [4.78, 5) is 11.0. The van der Waals surface area contributed by atoms with Crippen molar-refractivity contribution in [1.29, 1.82) is 0 Å². The maximum Gasteiger partial charge on any atom is 0.269 e. The first kappa shape index (κ1) is 12.3. The smallest absolute Gasteiger partial charge is 0.269 e. The van der Waals surface area contributed by atoms with Gasteiger partial charge in [-0.1, -0.05) is 12.1 Å². The van der Waals surface area contributed by atoms with Crippen molar-refractivity contribution in [3.63, 3.8) is 0 Å². The number of carbonyl (C=O) groups excluding carboxylic acids is 1. The van der Waals surface area contributed by atoms with Crippen LogP contribution in [0.2, 0.25) is 0 Å². The molecule has 2 aromatic rings. The molecule has 5 nitrogen and oxygen atoms in total. The minimum Gasteiger partial charge on any atom is -0.364 e. The molecule has 0 fully saturated rings. The van der Waals surface area contributed by atoms with Crippen molar-refractivity contribution >= 4 is 5.91 Å². The Morgan fingerprint density at radius 3 is 2.78 bits per heavy atom. The van der Waals surface area contributed by atoms with Crippen molar-refractivity contribution in [1.82, 2.24) is 15.1 Å². The molecule has 0 unspecified atom stereocenters. The van der Waals surface area contributed by atoms with Crippen LogP contribution in [-0.2, 0) is 6.54 Å².